The first-order valence-electron chi connectivity index (χ1n) is 10.5. The van der Waals surface area contributed by atoms with Crippen molar-refractivity contribution in [1.29, 1.82) is 0 Å². The quantitative estimate of drug-likeness (QED) is 0.681. The largest absolute Gasteiger partial charge is 0.391 e. The molecule has 5 nitrogen and oxygen atoms in total. The third kappa shape index (κ3) is 3.85. The summed E-state index contributed by atoms with van der Waals surface area (Å²) < 4.78 is 38.5. The first-order valence-corrected chi connectivity index (χ1v) is 10.5. The summed E-state index contributed by atoms with van der Waals surface area (Å²) in [5.41, 5.74) is 3.43. The van der Waals surface area contributed by atoms with Gasteiger partial charge in [0, 0.05) is 24.7 Å². The zero-order valence-corrected chi connectivity index (χ0v) is 15.9. The molecule has 5 unspecified atom stereocenters. The van der Waals surface area contributed by atoms with Gasteiger partial charge in [-0.15, -0.1) is 0 Å². The summed E-state index contributed by atoms with van der Waals surface area (Å²) in [6.07, 6.45) is 1.83. The van der Waals surface area contributed by atoms with Gasteiger partial charge in [-0.05, 0) is 51.4 Å². The molecular formula is C19H31F3N4O. The van der Waals surface area contributed by atoms with Gasteiger partial charge in [0.05, 0.1) is 18.0 Å². The van der Waals surface area contributed by atoms with Crippen molar-refractivity contribution in [3.63, 3.8) is 0 Å². The summed E-state index contributed by atoms with van der Waals surface area (Å²) >= 11 is 0. The van der Waals surface area contributed by atoms with Crippen molar-refractivity contribution in [1.82, 2.24) is 21.1 Å². The summed E-state index contributed by atoms with van der Waals surface area (Å²) in [4.78, 5) is 12.9. The average molecular weight is 388 g/mol. The van der Waals surface area contributed by atoms with Crippen LogP contribution in [-0.2, 0) is 4.79 Å². The monoisotopic (exact) mass is 388 g/mol. The summed E-state index contributed by atoms with van der Waals surface area (Å²) in [7, 11) is 0. The van der Waals surface area contributed by atoms with Crippen LogP contribution in [0.2, 0.25) is 0 Å². The van der Waals surface area contributed by atoms with Crippen molar-refractivity contribution < 1.29 is 18.0 Å². The highest BCUT2D eigenvalue weighted by molar-refractivity contribution is 5.80. The molecule has 0 spiro atoms. The maximum Gasteiger partial charge on any atom is 0.391 e. The number of nitrogens with zero attached hydrogens (tertiary/aromatic N) is 1. The molecule has 0 bridgehead atoms. The molecule has 2 heterocycles. The van der Waals surface area contributed by atoms with Gasteiger partial charge in [0.25, 0.3) is 0 Å². The molecule has 0 aromatic carbocycles. The number of amides is 1. The second kappa shape index (κ2) is 7.52. The predicted octanol–water partition coefficient (Wildman–Crippen LogP) is 2.54. The van der Waals surface area contributed by atoms with E-state index in [4.69, 9.17) is 0 Å². The Bertz CT molecular complexity index is 550. The van der Waals surface area contributed by atoms with Crippen molar-refractivity contribution in [2.75, 3.05) is 6.54 Å². The molecule has 154 valence electrons. The number of halogens is 3. The first-order chi connectivity index (χ1) is 12.8. The van der Waals surface area contributed by atoms with E-state index in [1.807, 2.05) is 0 Å². The van der Waals surface area contributed by atoms with Crippen LogP contribution < -0.4 is 16.1 Å². The van der Waals surface area contributed by atoms with Gasteiger partial charge < -0.3 is 5.32 Å². The minimum Gasteiger partial charge on any atom is -0.353 e. The van der Waals surface area contributed by atoms with Crippen molar-refractivity contribution in [3.8, 4) is 0 Å². The van der Waals surface area contributed by atoms with Crippen LogP contribution in [0.3, 0.4) is 0 Å². The number of nitrogens with one attached hydrogen (secondary N) is 3. The number of fused-ring (bicyclic) bond motifs is 3. The number of carbonyl (C=O) groups is 1. The van der Waals surface area contributed by atoms with Crippen LogP contribution >= 0.6 is 0 Å². The maximum absolute atomic E-state index is 12.9. The second-order valence-corrected chi connectivity index (χ2v) is 8.89. The maximum atomic E-state index is 12.9. The zero-order valence-electron chi connectivity index (χ0n) is 15.9. The Balaban J connectivity index is 1.34. The Morgan fingerprint density at radius 1 is 1.07 bits per heavy atom. The van der Waals surface area contributed by atoms with Crippen LogP contribution in [0, 0.1) is 17.8 Å². The van der Waals surface area contributed by atoms with E-state index in [2.05, 4.69) is 28.0 Å². The third-order valence-electron chi connectivity index (χ3n) is 7.26. The number of hydrogen-bond donors (Lipinski definition) is 3. The van der Waals surface area contributed by atoms with Crippen molar-refractivity contribution in [2.45, 2.75) is 88.8 Å². The standard InChI is InChI=1S/C19H31F3N4O/c1-11-14-4-2-3-5-16(14)26-17(24-11)15(10-23-26)18(27)25-13-8-6-12(7-9-13)19(20,21)22/h11-17,23-24H,2-10H2,1H3,(H,25,27). The molecule has 4 rings (SSSR count). The molecule has 4 aliphatic rings. The van der Waals surface area contributed by atoms with Crippen LogP contribution in [0.25, 0.3) is 0 Å². The summed E-state index contributed by atoms with van der Waals surface area (Å²) in [6.45, 7) is 2.81. The Labute approximate surface area is 158 Å². The molecule has 2 saturated heterocycles. The Kier molecular flexibility index (Phi) is 5.42. The molecule has 0 aromatic heterocycles. The molecular weight excluding hydrogens is 357 g/mol. The minimum atomic E-state index is -4.11. The van der Waals surface area contributed by atoms with Gasteiger partial charge in [0.2, 0.25) is 5.91 Å². The van der Waals surface area contributed by atoms with Gasteiger partial charge >= 0.3 is 6.18 Å². The second-order valence-electron chi connectivity index (χ2n) is 8.89. The van der Waals surface area contributed by atoms with Gasteiger partial charge in [-0.1, -0.05) is 12.8 Å². The van der Waals surface area contributed by atoms with E-state index < -0.39 is 12.1 Å². The fourth-order valence-electron chi connectivity index (χ4n) is 5.70. The van der Waals surface area contributed by atoms with Crippen molar-refractivity contribution >= 4 is 5.91 Å². The van der Waals surface area contributed by atoms with Gasteiger partial charge in [-0.25, -0.2) is 5.01 Å². The van der Waals surface area contributed by atoms with E-state index in [1.165, 1.54) is 19.3 Å². The fourth-order valence-corrected chi connectivity index (χ4v) is 5.70. The molecule has 3 N–H and O–H groups in total. The lowest BCUT2D eigenvalue weighted by atomic mass is 9.77. The molecule has 1 amide bonds. The van der Waals surface area contributed by atoms with E-state index in [1.54, 1.807) is 0 Å². The fraction of sp³-hybridized carbons (Fsp3) is 0.947. The molecule has 4 fully saturated rings. The van der Waals surface area contributed by atoms with Crippen LogP contribution in [0.5, 0.6) is 0 Å². The van der Waals surface area contributed by atoms with Gasteiger partial charge in [-0.3, -0.25) is 15.5 Å². The summed E-state index contributed by atoms with van der Waals surface area (Å²) in [5.74, 6) is -0.824. The van der Waals surface area contributed by atoms with E-state index in [0.29, 0.717) is 37.4 Å². The predicted molar refractivity (Wildman–Crippen MR) is 95.4 cm³/mol. The molecule has 8 heteroatoms. The van der Waals surface area contributed by atoms with Gasteiger partial charge in [-0.2, -0.15) is 13.2 Å². The number of hydrazine groups is 1. The highest BCUT2D eigenvalue weighted by Crippen LogP contribution is 2.39. The molecule has 2 saturated carbocycles. The Hall–Kier alpha value is -0.860. The minimum absolute atomic E-state index is 0.0223. The third-order valence-corrected chi connectivity index (χ3v) is 7.26. The highest BCUT2D eigenvalue weighted by Gasteiger charge is 2.50. The first kappa shape index (κ1) is 19.5. The number of alkyl halides is 3. The lowest BCUT2D eigenvalue weighted by Crippen LogP contribution is -2.66. The van der Waals surface area contributed by atoms with Crippen molar-refractivity contribution in [3.05, 3.63) is 0 Å². The van der Waals surface area contributed by atoms with Gasteiger partial charge in [0.15, 0.2) is 0 Å². The number of rotatable bonds is 2. The SMILES string of the molecule is CC1NC2C(C(=O)NC3CCC(C(F)(F)F)CC3)CNN2C2CCCCC12. The van der Waals surface area contributed by atoms with E-state index in [9.17, 15) is 18.0 Å². The highest BCUT2D eigenvalue weighted by atomic mass is 19.4. The van der Waals surface area contributed by atoms with Crippen LogP contribution in [0.4, 0.5) is 13.2 Å². The number of hydrogen-bond acceptors (Lipinski definition) is 4. The molecule has 0 radical (unpaired) electrons. The molecule has 0 aromatic rings. The average Bonchev–Trinajstić information content (AvgIpc) is 3.06. The smallest absolute Gasteiger partial charge is 0.353 e. The van der Waals surface area contributed by atoms with Gasteiger partial charge in [0.1, 0.15) is 0 Å². The van der Waals surface area contributed by atoms with Crippen LogP contribution in [-0.4, -0.2) is 47.9 Å². The lowest BCUT2D eigenvalue weighted by Gasteiger charge is -2.49. The van der Waals surface area contributed by atoms with E-state index in [0.717, 1.165) is 6.42 Å². The van der Waals surface area contributed by atoms with Crippen LogP contribution in [0.1, 0.15) is 58.3 Å². The molecule has 2 aliphatic carbocycles. The lowest BCUT2D eigenvalue weighted by molar-refractivity contribution is -0.182. The molecule has 5 atom stereocenters. The Morgan fingerprint density at radius 3 is 2.48 bits per heavy atom. The molecule has 27 heavy (non-hydrogen) atoms. The Morgan fingerprint density at radius 2 is 1.78 bits per heavy atom. The zero-order chi connectivity index (χ0) is 19.2. The summed E-state index contributed by atoms with van der Waals surface area (Å²) in [6, 6.07) is 0.725. The van der Waals surface area contributed by atoms with Crippen molar-refractivity contribution in [2.24, 2.45) is 17.8 Å². The topological polar surface area (TPSA) is 56.4 Å². The summed E-state index contributed by atoms with van der Waals surface area (Å²) in [5, 5.41) is 8.92. The van der Waals surface area contributed by atoms with Crippen LogP contribution in [0.15, 0.2) is 0 Å². The number of carbonyl (C=O) groups excluding carboxylic acids is 1. The molecule has 2 aliphatic heterocycles. The van der Waals surface area contributed by atoms with E-state index in [-0.39, 0.29) is 36.9 Å². The normalized spacial score (nSPS) is 43.0. The van der Waals surface area contributed by atoms with E-state index >= 15 is 0 Å².